The number of aromatic nitrogens is 3. The van der Waals surface area contributed by atoms with Gasteiger partial charge in [0.05, 0.1) is 0 Å². The molecule has 26 heavy (non-hydrogen) atoms. The van der Waals surface area contributed by atoms with Crippen LogP contribution in [0.4, 0.5) is 0 Å². The molecule has 0 saturated carbocycles. The molecule has 3 aromatic rings. The topological polar surface area (TPSA) is 43.2 Å². The van der Waals surface area contributed by atoms with Crippen molar-refractivity contribution in [3.63, 3.8) is 0 Å². The molecule has 3 heterocycles. The minimum absolute atomic E-state index is 0.476. The monoisotopic (exact) mass is 348 g/mol. The van der Waals surface area contributed by atoms with Crippen molar-refractivity contribution in [2.24, 2.45) is 0 Å². The van der Waals surface area contributed by atoms with E-state index in [2.05, 4.69) is 22.0 Å². The molecule has 1 saturated heterocycles. The Morgan fingerprint density at radius 2 is 2.00 bits per heavy atom. The molecule has 134 valence electrons. The number of rotatable bonds is 6. The molecule has 0 aliphatic carbocycles. The molecule has 1 fully saturated rings. The van der Waals surface area contributed by atoms with Crippen LogP contribution < -0.4 is 4.74 Å². The van der Waals surface area contributed by atoms with Crippen LogP contribution in [0.3, 0.4) is 0 Å². The second-order valence-corrected chi connectivity index (χ2v) is 6.69. The van der Waals surface area contributed by atoms with Crippen LogP contribution in [0.1, 0.15) is 24.5 Å². The number of ether oxygens (including phenoxy) is 1. The lowest BCUT2D eigenvalue weighted by Gasteiger charge is -2.32. The van der Waals surface area contributed by atoms with Gasteiger partial charge in [-0.15, -0.1) is 0 Å². The highest BCUT2D eigenvalue weighted by Crippen LogP contribution is 2.26. The summed E-state index contributed by atoms with van der Waals surface area (Å²) in [6.45, 7) is 3.85. The van der Waals surface area contributed by atoms with E-state index in [1.54, 1.807) is 12.5 Å². The molecule has 0 bridgehead atoms. The van der Waals surface area contributed by atoms with Gasteiger partial charge < -0.3 is 4.74 Å². The first-order chi connectivity index (χ1) is 12.9. The molecule has 1 unspecified atom stereocenters. The number of nitrogens with zero attached hydrogens (tertiary/aromatic N) is 4. The highest BCUT2D eigenvalue weighted by molar-refractivity contribution is 5.26. The van der Waals surface area contributed by atoms with Gasteiger partial charge in [-0.05, 0) is 43.7 Å². The van der Waals surface area contributed by atoms with Crippen LogP contribution in [0.5, 0.6) is 5.75 Å². The largest absolute Gasteiger partial charge is 0.492 e. The third-order valence-corrected chi connectivity index (χ3v) is 4.87. The van der Waals surface area contributed by atoms with Crippen molar-refractivity contribution >= 4 is 0 Å². The smallest absolute Gasteiger partial charge is 0.138 e. The average molecular weight is 348 g/mol. The van der Waals surface area contributed by atoms with Crippen molar-refractivity contribution in [3.05, 3.63) is 72.9 Å². The summed E-state index contributed by atoms with van der Waals surface area (Å²) < 4.78 is 7.81. The first-order valence-electron chi connectivity index (χ1n) is 9.24. The summed E-state index contributed by atoms with van der Waals surface area (Å²) >= 11 is 0. The van der Waals surface area contributed by atoms with Crippen LogP contribution >= 0.6 is 0 Å². The summed E-state index contributed by atoms with van der Waals surface area (Å²) in [5.74, 6) is 2.35. The van der Waals surface area contributed by atoms with Gasteiger partial charge in [-0.2, -0.15) is 0 Å². The van der Waals surface area contributed by atoms with Crippen molar-refractivity contribution in [1.82, 2.24) is 19.4 Å². The molecule has 1 aliphatic rings. The van der Waals surface area contributed by atoms with Gasteiger partial charge >= 0.3 is 0 Å². The Kier molecular flexibility index (Phi) is 5.26. The highest BCUT2D eigenvalue weighted by atomic mass is 16.5. The molecular weight excluding hydrogens is 324 g/mol. The van der Waals surface area contributed by atoms with Crippen LogP contribution in [0.2, 0.25) is 0 Å². The fourth-order valence-electron chi connectivity index (χ4n) is 3.51. The zero-order valence-corrected chi connectivity index (χ0v) is 14.9. The first-order valence-corrected chi connectivity index (χ1v) is 9.24. The molecule has 2 aromatic heterocycles. The highest BCUT2D eigenvalue weighted by Gasteiger charge is 2.22. The Morgan fingerprint density at radius 1 is 1.08 bits per heavy atom. The van der Waals surface area contributed by atoms with E-state index >= 15 is 0 Å². The second-order valence-electron chi connectivity index (χ2n) is 6.69. The molecule has 0 amide bonds. The molecule has 5 heteroatoms. The molecule has 0 radical (unpaired) electrons. The van der Waals surface area contributed by atoms with E-state index in [9.17, 15) is 0 Å². The zero-order valence-electron chi connectivity index (χ0n) is 14.9. The molecule has 0 spiro atoms. The van der Waals surface area contributed by atoms with E-state index in [1.165, 1.54) is 18.5 Å². The fraction of sp³-hybridized carbons (Fsp3) is 0.333. The number of benzene rings is 1. The van der Waals surface area contributed by atoms with Gasteiger partial charge in [0, 0.05) is 37.1 Å². The summed E-state index contributed by atoms with van der Waals surface area (Å²) in [5, 5.41) is 0. The fourth-order valence-corrected chi connectivity index (χ4v) is 3.51. The van der Waals surface area contributed by atoms with Crippen molar-refractivity contribution < 1.29 is 4.74 Å². The third kappa shape index (κ3) is 4.11. The molecule has 5 nitrogen and oxygen atoms in total. The number of para-hydroxylation sites is 1. The van der Waals surface area contributed by atoms with Crippen LogP contribution in [-0.4, -0.2) is 45.7 Å². The Balaban J connectivity index is 1.35. The van der Waals surface area contributed by atoms with Crippen LogP contribution in [0.25, 0.3) is 5.82 Å². The number of imidazole rings is 1. The van der Waals surface area contributed by atoms with Gasteiger partial charge in [-0.1, -0.05) is 24.3 Å². The third-order valence-electron chi connectivity index (χ3n) is 4.87. The molecular formula is C21H24N4O. The van der Waals surface area contributed by atoms with E-state index in [1.807, 2.05) is 47.2 Å². The molecule has 4 rings (SSSR count). The maximum atomic E-state index is 5.85. The summed E-state index contributed by atoms with van der Waals surface area (Å²) in [6.07, 6.45) is 7.90. The average Bonchev–Trinajstić information content (AvgIpc) is 3.24. The normalized spacial score (nSPS) is 17.9. The van der Waals surface area contributed by atoms with E-state index in [4.69, 9.17) is 9.72 Å². The summed E-state index contributed by atoms with van der Waals surface area (Å²) in [4.78, 5) is 11.5. The van der Waals surface area contributed by atoms with E-state index in [-0.39, 0.29) is 0 Å². The van der Waals surface area contributed by atoms with Gasteiger partial charge in [-0.25, -0.2) is 9.97 Å². The number of hydrogen-bond acceptors (Lipinski definition) is 4. The zero-order chi connectivity index (χ0) is 17.6. The quantitative estimate of drug-likeness (QED) is 0.683. The first kappa shape index (κ1) is 16.8. The molecule has 1 aromatic carbocycles. The lowest BCUT2D eigenvalue weighted by atomic mass is 9.94. The van der Waals surface area contributed by atoms with Gasteiger partial charge in [-0.3, -0.25) is 9.47 Å². The van der Waals surface area contributed by atoms with Gasteiger partial charge in [0.2, 0.25) is 0 Å². The number of pyridine rings is 1. The van der Waals surface area contributed by atoms with Gasteiger partial charge in [0.15, 0.2) is 0 Å². The number of piperidine rings is 1. The SMILES string of the molecule is c1ccc(OCCN2CCCC(c3cccc(-n4ccnc4)n3)C2)cc1. The van der Waals surface area contributed by atoms with E-state index in [0.717, 1.165) is 37.8 Å². The van der Waals surface area contributed by atoms with Gasteiger partial charge in [0.25, 0.3) is 0 Å². The Morgan fingerprint density at radius 3 is 2.85 bits per heavy atom. The minimum atomic E-state index is 0.476. The standard InChI is InChI=1S/C21H24N4O/c1-2-7-19(8-3-1)26-15-14-24-12-5-6-18(16-24)20-9-4-10-21(23-20)25-13-11-22-17-25/h1-4,7-11,13,17-18H,5-6,12,14-16H2. The number of likely N-dealkylation sites (tertiary alicyclic amines) is 1. The lowest BCUT2D eigenvalue weighted by molar-refractivity contribution is 0.169. The van der Waals surface area contributed by atoms with Crippen molar-refractivity contribution in [3.8, 4) is 11.6 Å². The maximum absolute atomic E-state index is 5.85. The van der Waals surface area contributed by atoms with Crippen molar-refractivity contribution in [1.29, 1.82) is 0 Å². The molecule has 1 aliphatic heterocycles. The lowest BCUT2D eigenvalue weighted by Crippen LogP contribution is -2.37. The maximum Gasteiger partial charge on any atom is 0.138 e. The van der Waals surface area contributed by atoms with Crippen LogP contribution in [0, 0.1) is 0 Å². The number of hydrogen-bond donors (Lipinski definition) is 0. The Labute approximate surface area is 154 Å². The minimum Gasteiger partial charge on any atom is -0.492 e. The second kappa shape index (κ2) is 8.15. The van der Waals surface area contributed by atoms with Crippen LogP contribution in [0.15, 0.2) is 67.3 Å². The van der Waals surface area contributed by atoms with Gasteiger partial charge in [0.1, 0.15) is 24.5 Å². The summed E-state index contributed by atoms with van der Waals surface area (Å²) in [7, 11) is 0. The van der Waals surface area contributed by atoms with E-state index in [0.29, 0.717) is 5.92 Å². The van der Waals surface area contributed by atoms with Crippen LogP contribution in [-0.2, 0) is 0 Å². The predicted octanol–water partition coefficient (Wildman–Crippen LogP) is 3.53. The Bertz CT molecular complexity index is 804. The van der Waals surface area contributed by atoms with E-state index < -0.39 is 0 Å². The summed E-state index contributed by atoms with van der Waals surface area (Å²) in [6, 6.07) is 16.3. The van der Waals surface area contributed by atoms with Crippen molar-refractivity contribution in [2.75, 3.05) is 26.2 Å². The predicted molar refractivity (Wildman–Crippen MR) is 102 cm³/mol. The van der Waals surface area contributed by atoms with Crippen molar-refractivity contribution in [2.45, 2.75) is 18.8 Å². The molecule has 0 N–H and O–H groups in total. The Hall–Kier alpha value is -2.66. The molecule has 1 atom stereocenters. The summed E-state index contributed by atoms with van der Waals surface area (Å²) in [5.41, 5.74) is 1.17.